The molecule has 0 aliphatic rings. The van der Waals surface area contributed by atoms with E-state index in [0.29, 0.717) is 22.0 Å². The molecule has 1 atom stereocenters. The first kappa shape index (κ1) is 11.1. The zero-order valence-electron chi connectivity index (χ0n) is 8.58. The fraction of sp³-hybridized carbons (Fsp3) is 0.182. The molecule has 16 heavy (non-hydrogen) atoms. The second kappa shape index (κ2) is 4.23. The molecule has 1 aromatic carbocycles. The summed E-state index contributed by atoms with van der Waals surface area (Å²) in [4.78, 5) is 0. The van der Waals surface area contributed by atoms with Gasteiger partial charge in [-0.15, -0.1) is 0 Å². The average molecular weight is 241 g/mol. The Bertz CT molecular complexity index is 510. The molecule has 0 saturated carbocycles. The fourth-order valence-corrected chi connectivity index (χ4v) is 1.59. The van der Waals surface area contributed by atoms with Gasteiger partial charge in [0.15, 0.2) is 5.76 Å². The fourth-order valence-electron chi connectivity index (χ4n) is 1.33. The van der Waals surface area contributed by atoms with Crippen molar-refractivity contribution in [1.82, 2.24) is 5.16 Å². The van der Waals surface area contributed by atoms with E-state index in [-0.39, 0.29) is 11.9 Å². The molecule has 1 unspecified atom stereocenters. The molecule has 0 fully saturated rings. The maximum absolute atomic E-state index is 12.8. The predicted molar refractivity (Wildman–Crippen MR) is 59.5 cm³/mol. The van der Waals surface area contributed by atoms with E-state index in [4.69, 9.17) is 21.9 Å². The standard InChI is InChI=1S/C11H10ClFN2O/c1-6(14)11-5-10(15-16-11)8-3-2-7(13)4-9(8)12/h2-6H,14H2,1H3. The molecule has 5 heteroatoms. The Balaban J connectivity index is 2.42. The van der Waals surface area contributed by atoms with Gasteiger partial charge in [-0.25, -0.2) is 4.39 Å². The third kappa shape index (κ3) is 2.08. The molecule has 0 amide bonds. The Kier molecular flexibility index (Phi) is 2.94. The van der Waals surface area contributed by atoms with E-state index in [9.17, 15) is 4.39 Å². The molecular weight excluding hydrogens is 231 g/mol. The minimum Gasteiger partial charge on any atom is -0.359 e. The lowest BCUT2D eigenvalue weighted by Crippen LogP contribution is -2.02. The maximum atomic E-state index is 12.8. The molecule has 2 aromatic rings. The third-order valence-electron chi connectivity index (χ3n) is 2.18. The van der Waals surface area contributed by atoms with Gasteiger partial charge in [-0.1, -0.05) is 16.8 Å². The Morgan fingerprint density at radius 3 is 2.75 bits per heavy atom. The summed E-state index contributed by atoms with van der Waals surface area (Å²) in [5, 5.41) is 4.13. The number of aromatic nitrogens is 1. The van der Waals surface area contributed by atoms with E-state index in [0.717, 1.165) is 0 Å². The number of nitrogens with zero attached hydrogens (tertiary/aromatic N) is 1. The summed E-state index contributed by atoms with van der Waals surface area (Å²) in [7, 11) is 0. The molecule has 84 valence electrons. The zero-order chi connectivity index (χ0) is 11.7. The van der Waals surface area contributed by atoms with Crippen LogP contribution < -0.4 is 5.73 Å². The van der Waals surface area contributed by atoms with Crippen LogP contribution in [0.3, 0.4) is 0 Å². The van der Waals surface area contributed by atoms with Gasteiger partial charge in [0.2, 0.25) is 0 Å². The summed E-state index contributed by atoms with van der Waals surface area (Å²) in [5.74, 6) is 0.181. The van der Waals surface area contributed by atoms with Gasteiger partial charge in [0.05, 0.1) is 11.1 Å². The summed E-state index contributed by atoms with van der Waals surface area (Å²) < 4.78 is 17.9. The first-order chi connectivity index (χ1) is 7.58. The van der Waals surface area contributed by atoms with Crippen LogP contribution in [0.15, 0.2) is 28.8 Å². The molecule has 1 aromatic heterocycles. The van der Waals surface area contributed by atoms with Crippen molar-refractivity contribution >= 4 is 11.6 Å². The quantitative estimate of drug-likeness (QED) is 0.877. The van der Waals surface area contributed by atoms with Crippen LogP contribution in [-0.4, -0.2) is 5.16 Å². The maximum Gasteiger partial charge on any atom is 0.153 e. The molecule has 0 aliphatic carbocycles. The molecule has 3 nitrogen and oxygen atoms in total. The summed E-state index contributed by atoms with van der Waals surface area (Å²) in [5.41, 5.74) is 6.82. The van der Waals surface area contributed by atoms with Crippen LogP contribution in [0.4, 0.5) is 4.39 Å². The number of rotatable bonds is 2. The topological polar surface area (TPSA) is 52.0 Å². The van der Waals surface area contributed by atoms with Crippen LogP contribution in [-0.2, 0) is 0 Å². The Hall–Kier alpha value is -1.39. The monoisotopic (exact) mass is 240 g/mol. The van der Waals surface area contributed by atoms with Crippen LogP contribution in [0.5, 0.6) is 0 Å². The van der Waals surface area contributed by atoms with Crippen molar-refractivity contribution in [2.75, 3.05) is 0 Å². The van der Waals surface area contributed by atoms with E-state index in [1.807, 2.05) is 0 Å². The Morgan fingerprint density at radius 1 is 1.44 bits per heavy atom. The summed E-state index contributed by atoms with van der Waals surface area (Å²) in [6.07, 6.45) is 0. The Morgan fingerprint density at radius 2 is 2.19 bits per heavy atom. The van der Waals surface area contributed by atoms with E-state index < -0.39 is 0 Å². The van der Waals surface area contributed by atoms with Crippen molar-refractivity contribution in [3.8, 4) is 11.3 Å². The molecule has 0 spiro atoms. The highest BCUT2D eigenvalue weighted by molar-refractivity contribution is 6.33. The highest BCUT2D eigenvalue weighted by atomic mass is 35.5. The van der Waals surface area contributed by atoms with Gasteiger partial charge in [0, 0.05) is 11.6 Å². The zero-order valence-corrected chi connectivity index (χ0v) is 9.33. The average Bonchev–Trinajstić information content (AvgIpc) is 2.66. The molecule has 2 N–H and O–H groups in total. The highest BCUT2D eigenvalue weighted by Crippen LogP contribution is 2.28. The number of benzene rings is 1. The largest absolute Gasteiger partial charge is 0.359 e. The van der Waals surface area contributed by atoms with Gasteiger partial charge in [-0.2, -0.15) is 0 Å². The summed E-state index contributed by atoms with van der Waals surface area (Å²) >= 11 is 5.90. The number of nitrogens with two attached hydrogens (primary N) is 1. The minimum absolute atomic E-state index is 0.236. The van der Waals surface area contributed by atoms with Gasteiger partial charge >= 0.3 is 0 Å². The molecule has 0 radical (unpaired) electrons. The lowest BCUT2D eigenvalue weighted by molar-refractivity contribution is 0.369. The number of hydrogen-bond acceptors (Lipinski definition) is 3. The minimum atomic E-state index is -0.385. The van der Waals surface area contributed by atoms with Crippen molar-refractivity contribution in [1.29, 1.82) is 0 Å². The molecule has 1 heterocycles. The van der Waals surface area contributed by atoms with Gasteiger partial charge < -0.3 is 10.3 Å². The second-order valence-electron chi connectivity index (χ2n) is 3.53. The summed E-state index contributed by atoms with van der Waals surface area (Å²) in [6.45, 7) is 1.79. The van der Waals surface area contributed by atoms with Crippen LogP contribution in [0.1, 0.15) is 18.7 Å². The normalized spacial score (nSPS) is 12.8. The van der Waals surface area contributed by atoms with Gasteiger partial charge in [-0.05, 0) is 25.1 Å². The van der Waals surface area contributed by atoms with Crippen LogP contribution >= 0.6 is 11.6 Å². The molecular formula is C11H10ClFN2O. The Labute approximate surface area is 97.0 Å². The van der Waals surface area contributed by atoms with Crippen molar-refractivity contribution in [3.63, 3.8) is 0 Å². The first-order valence-electron chi connectivity index (χ1n) is 4.75. The highest BCUT2D eigenvalue weighted by Gasteiger charge is 2.12. The second-order valence-corrected chi connectivity index (χ2v) is 3.93. The molecule has 0 saturated heterocycles. The van der Waals surface area contributed by atoms with Crippen molar-refractivity contribution in [3.05, 3.63) is 40.9 Å². The lowest BCUT2D eigenvalue weighted by atomic mass is 10.1. The van der Waals surface area contributed by atoms with Crippen molar-refractivity contribution in [2.24, 2.45) is 5.73 Å². The third-order valence-corrected chi connectivity index (χ3v) is 2.50. The van der Waals surface area contributed by atoms with Crippen molar-refractivity contribution < 1.29 is 8.91 Å². The first-order valence-corrected chi connectivity index (χ1v) is 5.13. The van der Waals surface area contributed by atoms with Gasteiger partial charge in [0.1, 0.15) is 11.5 Å². The molecule has 2 rings (SSSR count). The summed E-state index contributed by atoms with van der Waals surface area (Å²) in [6, 6.07) is 5.57. The van der Waals surface area contributed by atoms with Gasteiger partial charge in [-0.3, -0.25) is 0 Å². The van der Waals surface area contributed by atoms with E-state index in [1.165, 1.54) is 12.1 Å². The SMILES string of the molecule is CC(N)c1cc(-c2ccc(F)cc2Cl)no1. The van der Waals surface area contributed by atoms with E-state index in [1.54, 1.807) is 19.1 Å². The van der Waals surface area contributed by atoms with E-state index >= 15 is 0 Å². The van der Waals surface area contributed by atoms with E-state index in [2.05, 4.69) is 5.16 Å². The predicted octanol–water partition coefficient (Wildman–Crippen LogP) is 3.15. The van der Waals surface area contributed by atoms with Crippen LogP contribution in [0.25, 0.3) is 11.3 Å². The number of hydrogen-bond donors (Lipinski definition) is 1. The molecule has 0 bridgehead atoms. The lowest BCUT2D eigenvalue weighted by Gasteiger charge is -1.99. The van der Waals surface area contributed by atoms with Crippen LogP contribution in [0, 0.1) is 5.82 Å². The molecule has 0 aliphatic heterocycles. The van der Waals surface area contributed by atoms with Crippen molar-refractivity contribution in [2.45, 2.75) is 13.0 Å². The smallest absolute Gasteiger partial charge is 0.153 e. The number of halogens is 2. The van der Waals surface area contributed by atoms with Crippen LogP contribution in [0.2, 0.25) is 5.02 Å². The van der Waals surface area contributed by atoms with Gasteiger partial charge in [0.25, 0.3) is 0 Å².